The summed E-state index contributed by atoms with van der Waals surface area (Å²) >= 11 is 0. The van der Waals surface area contributed by atoms with Crippen LogP contribution in [0.4, 0.5) is 10.2 Å². The number of hydrogen-bond acceptors (Lipinski definition) is 4. The molecule has 0 fully saturated rings. The van der Waals surface area contributed by atoms with Crippen molar-refractivity contribution in [3.63, 3.8) is 0 Å². The second-order valence-electron chi connectivity index (χ2n) is 3.42. The Morgan fingerprint density at radius 2 is 2.19 bits per heavy atom. The number of hydrogen-bond donors (Lipinski definition) is 1. The molecule has 0 bridgehead atoms. The summed E-state index contributed by atoms with van der Waals surface area (Å²) in [5, 5.41) is 4.09. The lowest BCUT2D eigenvalue weighted by atomic mass is 10.3. The van der Waals surface area contributed by atoms with Gasteiger partial charge in [-0.15, -0.1) is 0 Å². The number of nitrogens with zero attached hydrogens (tertiary/aromatic N) is 4. The van der Waals surface area contributed by atoms with E-state index < -0.39 is 5.82 Å². The van der Waals surface area contributed by atoms with Gasteiger partial charge in [-0.05, 0) is 13.8 Å². The largest absolute Gasteiger partial charge is 0.381 e. The van der Waals surface area contributed by atoms with Crippen molar-refractivity contribution in [3.05, 3.63) is 23.9 Å². The van der Waals surface area contributed by atoms with E-state index in [0.29, 0.717) is 5.82 Å². The van der Waals surface area contributed by atoms with E-state index in [-0.39, 0.29) is 11.5 Å². The third-order valence-electron chi connectivity index (χ3n) is 2.26. The highest BCUT2D eigenvalue weighted by Crippen LogP contribution is 2.18. The molecule has 2 rings (SSSR count). The third-order valence-corrected chi connectivity index (χ3v) is 2.26. The Labute approximate surface area is 92.1 Å². The van der Waals surface area contributed by atoms with Crippen LogP contribution in [-0.4, -0.2) is 19.7 Å². The summed E-state index contributed by atoms with van der Waals surface area (Å²) < 4.78 is 15.0. The minimum absolute atomic E-state index is 0.133. The van der Waals surface area contributed by atoms with Crippen molar-refractivity contribution in [2.75, 3.05) is 5.73 Å². The molecule has 0 saturated heterocycles. The summed E-state index contributed by atoms with van der Waals surface area (Å²) in [5.74, 6) is -0.297. The van der Waals surface area contributed by atoms with E-state index in [2.05, 4.69) is 15.1 Å². The molecule has 16 heavy (non-hydrogen) atoms. The SMILES string of the molecule is CCn1cc(-c2nc(C)c(F)c(N)n2)cn1. The van der Waals surface area contributed by atoms with Gasteiger partial charge in [-0.1, -0.05) is 0 Å². The lowest BCUT2D eigenvalue weighted by Crippen LogP contribution is -2.02. The lowest BCUT2D eigenvalue weighted by Gasteiger charge is -2.02. The van der Waals surface area contributed by atoms with Crippen LogP contribution in [0.25, 0.3) is 11.4 Å². The summed E-state index contributed by atoms with van der Waals surface area (Å²) in [4.78, 5) is 7.92. The molecule has 0 amide bonds. The van der Waals surface area contributed by atoms with E-state index in [1.165, 1.54) is 0 Å². The molecule has 2 heterocycles. The van der Waals surface area contributed by atoms with E-state index >= 15 is 0 Å². The average molecular weight is 221 g/mol. The number of halogens is 1. The molecular formula is C10H12FN5. The fourth-order valence-electron chi connectivity index (χ4n) is 1.36. The monoisotopic (exact) mass is 221 g/mol. The normalized spacial score (nSPS) is 10.7. The first-order chi connectivity index (χ1) is 7.61. The van der Waals surface area contributed by atoms with Crippen LogP contribution in [0.1, 0.15) is 12.6 Å². The molecule has 6 heteroatoms. The van der Waals surface area contributed by atoms with E-state index in [0.717, 1.165) is 12.1 Å². The maximum absolute atomic E-state index is 13.2. The van der Waals surface area contributed by atoms with Gasteiger partial charge in [0.05, 0.1) is 17.5 Å². The van der Waals surface area contributed by atoms with Gasteiger partial charge in [0.1, 0.15) is 0 Å². The Morgan fingerprint density at radius 1 is 1.44 bits per heavy atom. The van der Waals surface area contributed by atoms with Gasteiger partial charge in [-0.3, -0.25) is 4.68 Å². The minimum Gasteiger partial charge on any atom is -0.381 e. The number of nitrogens with two attached hydrogens (primary N) is 1. The van der Waals surface area contributed by atoms with Crippen LogP contribution >= 0.6 is 0 Å². The Morgan fingerprint density at radius 3 is 2.75 bits per heavy atom. The predicted octanol–water partition coefficient (Wildman–Crippen LogP) is 1.39. The molecule has 0 unspecified atom stereocenters. The predicted molar refractivity (Wildman–Crippen MR) is 58.0 cm³/mol. The highest BCUT2D eigenvalue weighted by Gasteiger charge is 2.11. The molecule has 5 nitrogen and oxygen atoms in total. The molecule has 2 aromatic rings. The second kappa shape index (κ2) is 3.88. The van der Waals surface area contributed by atoms with E-state index in [1.807, 2.05) is 6.92 Å². The summed E-state index contributed by atoms with van der Waals surface area (Å²) in [6.07, 6.45) is 3.43. The highest BCUT2D eigenvalue weighted by molar-refractivity contribution is 5.55. The molecule has 0 saturated carbocycles. The molecule has 0 aliphatic rings. The molecular weight excluding hydrogens is 209 g/mol. The van der Waals surface area contributed by atoms with Crippen LogP contribution in [0, 0.1) is 12.7 Å². The first-order valence-electron chi connectivity index (χ1n) is 4.94. The Kier molecular flexibility index (Phi) is 2.55. The van der Waals surface area contributed by atoms with E-state index in [9.17, 15) is 4.39 Å². The molecule has 0 atom stereocenters. The van der Waals surface area contributed by atoms with Crippen molar-refractivity contribution in [3.8, 4) is 11.4 Å². The number of aromatic nitrogens is 4. The molecule has 0 aliphatic heterocycles. The van der Waals surface area contributed by atoms with Crippen LogP contribution < -0.4 is 5.73 Å². The standard InChI is InChI=1S/C10H12FN5/c1-3-16-5-7(4-13-16)10-14-6(2)8(11)9(12)15-10/h4-5H,3H2,1-2H3,(H2,12,14,15). The van der Waals surface area contributed by atoms with Gasteiger partial charge in [0.2, 0.25) is 0 Å². The van der Waals surface area contributed by atoms with Gasteiger partial charge < -0.3 is 5.73 Å². The zero-order chi connectivity index (χ0) is 11.7. The maximum Gasteiger partial charge on any atom is 0.186 e. The number of anilines is 1. The fraction of sp³-hybridized carbons (Fsp3) is 0.300. The first-order valence-corrected chi connectivity index (χ1v) is 4.94. The Balaban J connectivity index is 2.48. The van der Waals surface area contributed by atoms with Gasteiger partial charge in [-0.25, -0.2) is 14.4 Å². The Bertz CT molecular complexity index is 497. The molecule has 2 N–H and O–H groups in total. The third kappa shape index (κ3) is 1.73. The topological polar surface area (TPSA) is 69.6 Å². The quantitative estimate of drug-likeness (QED) is 0.831. The zero-order valence-corrected chi connectivity index (χ0v) is 9.11. The Hall–Kier alpha value is -1.98. The number of nitrogen functional groups attached to an aromatic ring is 1. The van der Waals surface area contributed by atoms with Crippen molar-refractivity contribution in [2.45, 2.75) is 20.4 Å². The van der Waals surface area contributed by atoms with Gasteiger partial charge >= 0.3 is 0 Å². The van der Waals surface area contributed by atoms with Crippen LogP contribution in [0.2, 0.25) is 0 Å². The number of rotatable bonds is 2. The lowest BCUT2D eigenvalue weighted by molar-refractivity contribution is 0.608. The van der Waals surface area contributed by atoms with Crippen molar-refractivity contribution in [1.29, 1.82) is 0 Å². The van der Waals surface area contributed by atoms with Crippen molar-refractivity contribution < 1.29 is 4.39 Å². The molecule has 0 radical (unpaired) electrons. The van der Waals surface area contributed by atoms with Crippen LogP contribution in [-0.2, 0) is 6.54 Å². The van der Waals surface area contributed by atoms with Crippen LogP contribution in [0.15, 0.2) is 12.4 Å². The minimum atomic E-state index is -0.563. The zero-order valence-electron chi connectivity index (χ0n) is 9.11. The van der Waals surface area contributed by atoms with Gasteiger partial charge in [0.15, 0.2) is 17.5 Å². The molecule has 0 aromatic carbocycles. The van der Waals surface area contributed by atoms with Crippen LogP contribution in [0.3, 0.4) is 0 Å². The van der Waals surface area contributed by atoms with Crippen molar-refractivity contribution in [2.24, 2.45) is 0 Å². The molecule has 0 aliphatic carbocycles. The van der Waals surface area contributed by atoms with Gasteiger partial charge in [0.25, 0.3) is 0 Å². The second-order valence-corrected chi connectivity index (χ2v) is 3.42. The summed E-state index contributed by atoms with van der Waals surface area (Å²) in [6.45, 7) is 4.29. The fourth-order valence-corrected chi connectivity index (χ4v) is 1.36. The molecule has 84 valence electrons. The van der Waals surface area contributed by atoms with Crippen molar-refractivity contribution >= 4 is 5.82 Å². The van der Waals surface area contributed by atoms with Gasteiger partial charge in [-0.2, -0.15) is 5.10 Å². The van der Waals surface area contributed by atoms with Gasteiger partial charge in [0, 0.05) is 12.7 Å². The number of aryl methyl sites for hydroxylation is 2. The van der Waals surface area contributed by atoms with Crippen molar-refractivity contribution in [1.82, 2.24) is 19.7 Å². The average Bonchev–Trinajstić information content (AvgIpc) is 2.73. The van der Waals surface area contributed by atoms with Crippen LogP contribution in [0.5, 0.6) is 0 Å². The summed E-state index contributed by atoms with van der Waals surface area (Å²) in [6, 6.07) is 0. The smallest absolute Gasteiger partial charge is 0.186 e. The van der Waals surface area contributed by atoms with E-state index in [1.54, 1.807) is 24.0 Å². The van der Waals surface area contributed by atoms with E-state index in [4.69, 9.17) is 5.73 Å². The maximum atomic E-state index is 13.2. The molecule has 0 spiro atoms. The first kappa shape index (κ1) is 10.5. The molecule has 2 aromatic heterocycles. The summed E-state index contributed by atoms with van der Waals surface area (Å²) in [7, 11) is 0. The highest BCUT2D eigenvalue weighted by atomic mass is 19.1. The summed E-state index contributed by atoms with van der Waals surface area (Å²) in [5.41, 5.74) is 6.42.